The van der Waals surface area contributed by atoms with Crippen molar-refractivity contribution in [2.75, 3.05) is 21.3 Å². The molecular weight excluding hydrogens is 340 g/mol. The summed E-state index contributed by atoms with van der Waals surface area (Å²) in [6.45, 7) is 0. The van der Waals surface area contributed by atoms with Gasteiger partial charge in [-0.15, -0.1) is 0 Å². The van der Waals surface area contributed by atoms with Crippen LogP contribution in [0.3, 0.4) is 0 Å². The van der Waals surface area contributed by atoms with Crippen molar-refractivity contribution >= 4 is 16.6 Å². The van der Waals surface area contributed by atoms with Crippen LogP contribution in [0.2, 0.25) is 0 Å². The Morgan fingerprint density at radius 3 is 2.19 bits per heavy atom. The SMILES string of the molecule is COc1cc2ccc(Oc3cccc(OC)c3[N+](=O)[O-])nc2cc1OC. The molecule has 8 heteroatoms. The Morgan fingerprint density at radius 2 is 1.54 bits per heavy atom. The first-order valence-electron chi connectivity index (χ1n) is 7.59. The van der Waals surface area contributed by atoms with Gasteiger partial charge in [0.2, 0.25) is 17.4 Å². The Bertz CT molecular complexity index is 973. The second-order valence-corrected chi connectivity index (χ2v) is 5.22. The molecule has 0 N–H and O–H groups in total. The molecule has 3 rings (SSSR count). The van der Waals surface area contributed by atoms with Gasteiger partial charge in [-0.1, -0.05) is 6.07 Å². The minimum Gasteiger partial charge on any atom is -0.493 e. The van der Waals surface area contributed by atoms with Gasteiger partial charge >= 0.3 is 5.69 Å². The van der Waals surface area contributed by atoms with E-state index in [1.807, 2.05) is 0 Å². The molecule has 0 bridgehead atoms. The third-order valence-corrected chi connectivity index (χ3v) is 3.75. The average Bonchev–Trinajstić information content (AvgIpc) is 2.66. The summed E-state index contributed by atoms with van der Waals surface area (Å²) in [5, 5.41) is 12.2. The van der Waals surface area contributed by atoms with Gasteiger partial charge in [-0.3, -0.25) is 10.1 Å². The van der Waals surface area contributed by atoms with E-state index in [1.54, 1.807) is 37.4 Å². The normalized spacial score (nSPS) is 10.4. The molecule has 0 amide bonds. The Hall–Kier alpha value is -3.55. The molecule has 3 aromatic rings. The third kappa shape index (κ3) is 3.16. The fourth-order valence-corrected chi connectivity index (χ4v) is 2.53. The minimum absolute atomic E-state index is 0.0432. The van der Waals surface area contributed by atoms with Gasteiger partial charge in [-0.2, -0.15) is 0 Å². The van der Waals surface area contributed by atoms with Crippen LogP contribution in [0.25, 0.3) is 10.9 Å². The number of nitro benzene ring substituents is 1. The van der Waals surface area contributed by atoms with Crippen molar-refractivity contribution in [1.82, 2.24) is 4.98 Å². The maximum absolute atomic E-state index is 11.4. The highest BCUT2D eigenvalue weighted by molar-refractivity contribution is 5.83. The summed E-state index contributed by atoms with van der Waals surface area (Å²) < 4.78 is 21.2. The molecule has 0 saturated carbocycles. The highest BCUT2D eigenvalue weighted by atomic mass is 16.6. The zero-order valence-electron chi connectivity index (χ0n) is 14.4. The maximum Gasteiger partial charge on any atom is 0.353 e. The van der Waals surface area contributed by atoms with Gasteiger partial charge in [0.15, 0.2) is 11.5 Å². The fourth-order valence-electron chi connectivity index (χ4n) is 2.53. The number of para-hydroxylation sites is 1. The molecule has 0 radical (unpaired) electrons. The lowest BCUT2D eigenvalue weighted by atomic mass is 10.2. The number of nitrogens with zero attached hydrogens (tertiary/aromatic N) is 2. The molecule has 2 aromatic carbocycles. The van der Waals surface area contributed by atoms with E-state index in [0.717, 1.165) is 5.39 Å². The van der Waals surface area contributed by atoms with Gasteiger partial charge < -0.3 is 18.9 Å². The lowest BCUT2D eigenvalue weighted by molar-refractivity contribution is -0.386. The van der Waals surface area contributed by atoms with Crippen molar-refractivity contribution in [2.24, 2.45) is 0 Å². The van der Waals surface area contributed by atoms with Crippen molar-refractivity contribution in [3.05, 3.63) is 52.6 Å². The van der Waals surface area contributed by atoms with Crippen LogP contribution in [-0.2, 0) is 0 Å². The lowest BCUT2D eigenvalue weighted by Crippen LogP contribution is -1.98. The van der Waals surface area contributed by atoms with E-state index in [1.165, 1.54) is 26.4 Å². The van der Waals surface area contributed by atoms with Crippen LogP contribution < -0.4 is 18.9 Å². The number of methoxy groups -OCH3 is 3. The number of hydrogen-bond acceptors (Lipinski definition) is 7. The molecule has 0 unspecified atom stereocenters. The van der Waals surface area contributed by atoms with Gasteiger partial charge in [0.05, 0.1) is 31.8 Å². The van der Waals surface area contributed by atoms with E-state index in [9.17, 15) is 10.1 Å². The number of hydrogen-bond donors (Lipinski definition) is 0. The summed E-state index contributed by atoms with van der Waals surface area (Å²) >= 11 is 0. The molecule has 0 saturated heterocycles. The molecule has 1 heterocycles. The minimum atomic E-state index is -0.552. The quantitative estimate of drug-likeness (QED) is 0.487. The van der Waals surface area contributed by atoms with E-state index < -0.39 is 4.92 Å². The van der Waals surface area contributed by atoms with Gasteiger partial charge in [0, 0.05) is 17.5 Å². The van der Waals surface area contributed by atoms with Crippen molar-refractivity contribution < 1.29 is 23.9 Å². The van der Waals surface area contributed by atoms with Crippen molar-refractivity contribution in [2.45, 2.75) is 0 Å². The predicted octanol–water partition coefficient (Wildman–Crippen LogP) is 3.96. The topological polar surface area (TPSA) is 93.0 Å². The first-order valence-corrected chi connectivity index (χ1v) is 7.59. The van der Waals surface area contributed by atoms with E-state index in [4.69, 9.17) is 18.9 Å². The maximum atomic E-state index is 11.4. The first kappa shape index (κ1) is 17.3. The number of aromatic nitrogens is 1. The molecule has 0 aliphatic rings. The highest BCUT2D eigenvalue weighted by Gasteiger charge is 2.22. The Morgan fingerprint density at radius 1 is 0.885 bits per heavy atom. The molecule has 1 aromatic heterocycles. The summed E-state index contributed by atoms with van der Waals surface area (Å²) in [5.74, 6) is 1.47. The Kier molecular flexibility index (Phi) is 4.74. The van der Waals surface area contributed by atoms with Crippen molar-refractivity contribution in [3.63, 3.8) is 0 Å². The molecule has 0 spiro atoms. The van der Waals surface area contributed by atoms with Crippen LogP contribution >= 0.6 is 0 Å². The molecule has 0 fully saturated rings. The van der Waals surface area contributed by atoms with Crippen LogP contribution in [-0.4, -0.2) is 31.2 Å². The smallest absolute Gasteiger partial charge is 0.353 e. The zero-order chi connectivity index (χ0) is 18.7. The molecule has 0 atom stereocenters. The lowest BCUT2D eigenvalue weighted by Gasteiger charge is -2.11. The van der Waals surface area contributed by atoms with E-state index in [-0.39, 0.29) is 23.1 Å². The summed E-state index contributed by atoms with van der Waals surface area (Å²) in [4.78, 5) is 15.2. The Balaban J connectivity index is 2.03. The summed E-state index contributed by atoms with van der Waals surface area (Å²) in [6.07, 6.45) is 0. The number of benzene rings is 2. The van der Waals surface area contributed by atoms with Crippen LogP contribution in [0.15, 0.2) is 42.5 Å². The molecule has 0 aliphatic heterocycles. The van der Waals surface area contributed by atoms with Crippen molar-refractivity contribution in [1.29, 1.82) is 0 Å². The predicted molar refractivity (Wildman–Crippen MR) is 94.6 cm³/mol. The molecule has 134 valence electrons. The number of nitro groups is 1. The number of fused-ring (bicyclic) bond motifs is 1. The molecular formula is C18H16N2O6. The van der Waals surface area contributed by atoms with Gasteiger partial charge in [0.25, 0.3) is 0 Å². The number of pyridine rings is 1. The molecule has 26 heavy (non-hydrogen) atoms. The van der Waals surface area contributed by atoms with Crippen LogP contribution in [0, 0.1) is 10.1 Å². The monoisotopic (exact) mass is 356 g/mol. The first-order chi connectivity index (χ1) is 12.6. The summed E-state index contributed by atoms with van der Waals surface area (Å²) in [6, 6.07) is 11.5. The fraction of sp³-hybridized carbons (Fsp3) is 0.167. The summed E-state index contributed by atoms with van der Waals surface area (Å²) in [7, 11) is 4.44. The van der Waals surface area contributed by atoms with Crippen LogP contribution in [0.4, 0.5) is 5.69 Å². The largest absolute Gasteiger partial charge is 0.493 e. The van der Waals surface area contributed by atoms with Gasteiger partial charge in [-0.25, -0.2) is 4.98 Å². The van der Waals surface area contributed by atoms with Crippen LogP contribution in [0.5, 0.6) is 28.9 Å². The third-order valence-electron chi connectivity index (χ3n) is 3.75. The second kappa shape index (κ2) is 7.14. The standard InChI is InChI=1S/C18H16N2O6/c1-23-13-5-4-6-14(18(13)20(21)22)26-17-8-7-11-9-15(24-2)16(25-3)10-12(11)19-17/h4-10H,1-3H3. The van der Waals surface area contributed by atoms with E-state index in [0.29, 0.717) is 17.0 Å². The molecule has 8 nitrogen and oxygen atoms in total. The highest BCUT2D eigenvalue weighted by Crippen LogP contribution is 2.39. The average molecular weight is 356 g/mol. The van der Waals surface area contributed by atoms with E-state index >= 15 is 0 Å². The van der Waals surface area contributed by atoms with Crippen molar-refractivity contribution in [3.8, 4) is 28.9 Å². The number of rotatable bonds is 6. The molecule has 0 aliphatic carbocycles. The van der Waals surface area contributed by atoms with E-state index in [2.05, 4.69) is 4.98 Å². The Labute approximate surface area is 149 Å². The van der Waals surface area contributed by atoms with Crippen LogP contribution in [0.1, 0.15) is 0 Å². The van der Waals surface area contributed by atoms with Gasteiger partial charge in [0.1, 0.15) is 0 Å². The summed E-state index contributed by atoms with van der Waals surface area (Å²) in [5.41, 5.74) is 0.343. The number of ether oxygens (including phenoxy) is 4. The zero-order valence-corrected chi connectivity index (χ0v) is 14.4. The second-order valence-electron chi connectivity index (χ2n) is 5.22. The van der Waals surface area contributed by atoms with Gasteiger partial charge in [-0.05, 0) is 24.3 Å².